The summed E-state index contributed by atoms with van der Waals surface area (Å²) in [6, 6.07) is 4.32. The molecule has 19 heavy (non-hydrogen) atoms. The van der Waals surface area contributed by atoms with Gasteiger partial charge in [-0.05, 0) is 38.5 Å². The summed E-state index contributed by atoms with van der Waals surface area (Å²) in [5.74, 6) is -0.795. The molecule has 5 heteroatoms. The van der Waals surface area contributed by atoms with Crippen molar-refractivity contribution in [2.24, 2.45) is 0 Å². The first-order valence-electron chi connectivity index (χ1n) is 6.20. The Bertz CT molecular complexity index is 540. The predicted octanol–water partition coefficient (Wildman–Crippen LogP) is 1.77. The second kappa shape index (κ2) is 4.64. The van der Waals surface area contributed by atoms with E-state index in [0.717, 1.165) is 5.56 Å². The highest BCUT2D eigenvalue weighted by Gasteiger charge is 2.37. The van der Waals surface area contributed by atoms with Gasteiger partial charge in [-0.15, -0.1) is 0 Å². The number of aryl methyl sites for hydroxylation is 1. The van der Waals surface area contributed by atoms with E-state index in [0.29, 0.717) is 5.69 Å². The van der Waals surface area contributed by atoms with E-state index in [1.165, 1.54) is 17.0 Å². The number of carbonyl (C=O) groups excluding carboxylic acids is 2. The van der Waals surface area contributed by atoms with Crippen molar-refractivity contribution >= 4 is 17.5 Å². The molecule has 1 aliphatic heterocycles. The summed E-state index contributed by atoms with van der Waals surface area (Å²) in [5, 5.41) is 2.68. The Hall–Kier alpha value is -1.91. The van der Waals surface area contributed by atoms with Crippen LogP contribution in [0.15, 0.2) is 18.2 Å². The standard InChI is InChI=1S/C14H17FN2O2/c1-9-4-5-10(15)8-11(9)17-7-6-12(18)16-14(2,3)13(17)19/h4-5,8H,6-7H2,1-3H3,(H,16,18). The molecule has 0 unspecified atom stereocenters. The van der Waals surface area contributed by atoms with Gasteiger partial charge in [-0.3, -0.25) is 9.59 Å². The van der Waals surface area contributed by atoms with Gasteiger partial charge in [-0.1, -0.05) is 6.07 Å². The van der Waals surface area contributed by atoms with Gasteiger partial charge in [0, 0.05) is 18.7 Å². The number of hydrogen-bond acceptors (Lipinski definition) is 2. The third-order valence-electron chi connectivity index (χ3n) is 3.26. The van der Waals surface area contributed by atoms with Gasteiger partial charge in [0.05, 0.1) is 0 Å². The first-order chi connectivity index (χ1) is 8.81. The lowest BCUT2D eigenvalue weighted by molar-refractivity contribution is -0.128. The van der Waals surface area contributed by atoms with Crippen molar-refractivity contribution in [3.63, 3.8) is 0 Å². The zero-order valence-corrected chi connectivity index (χ0v) is 11.3. The smallest absolute Gasteiger partial charge is 0.252 e. The van der Waals surface area contributed by atoms with E-state index in [-0.39, 0.29) is 24.8 Å². The van der Waals surface area contributed by atoms with Crippen LogP contribution in [0, 0.1) is 12.7 Å². The molecule has 102 valence electrons. The van der Waals surface area contributed by atoms with Crippen LogP contribution in [-0.4, -0.2) is 23.9 Å². The first-order valence-corrected chi connectivity index (χ1v) is 6.20. The fourth-order valence-electron chi connectivity index (χ4n) is 2.22. The van der Waals surface area contributed by atoms with Gasteiger partial charge in [0.15, 0.2) is 0 Å². The Kier molecular flexibility index (Phi) is 3.30. The maximum absolute atomic E-state index is 13.4. The van der Waals surface area contributed by atoms with Gasteiger partial charge in [-0.2, -0.15) is 0 Å². The van der Waals surface area contributed by atoms with E-state index in [1.807, 2.05) is 6.92 Å². The maximum Gasteiger partial charge on any atom is 0.252 e. The third-order valence-corrected chi connectivity index (χ3v) is 3.26. The quantitative estimate of drug-likeness (QED) is 0.840. The molecule has 1 heterocycles. The molecular weight excluding hydrogens is 247 g/mol. The van der Waals surface area contributed by atoms with E-state index in [2.05, 4.69) is 5.32 Å². The van der Waals surface area contributed by atoms with E-state index >= 15 is 0 Å². The summed E-state index contributed by atoms with van der Waals surface area (Å²) in [6.45, 7) is 5.38. The minimum atomic E-state index is -0.980. The Labute approximate surface area is 111 Å². The summed E-state index contributed by atoms with van der Waals surface area (Å²) in [4.78, 5) is 25.6. The van der Waals surface area contributed by atoms with Crippen LogP contribution in [0.1, 0.15) is 25.8 Å². The van der Waals surface area contributed by atoms with Crippen LogP contribution < -0.4 is 10.2 Å². The number of hydrogen-bond donors (Lipinski definition) is 1. The minimum Gasteiger partial charge on any atom is -0.342 e. The van der Waals surface area contributed by atoms with E-state index in [4.69, 9.17) is 0 Å². The second-order valence-corrected chi connectivity index (χ2v) is 5.31. The molecule has 0 aromatic heterocycles. The molecule has 2 amide bonds. The van der Waals surface area contributed by atoms with Crippen molar-refractivity contribution in [2.45, 2.75) is 32.7 Å². The van der Waals surface area contributed by atoms with Gasteiger partial charge < -0.3 is 10.2 Å². The van der Waals surface area contributed by atoms with Crippen molar-refractivity contribution in [3.8, 4) is 0 Å². The fourth-order valence-corrected chi connectivity index (χ4v) is 2.22. The number of rotatable bonds is 1. The lowest BCUT2D eigenvalue weighted by Crippen LogP contribution is -2.53. The Morgan fingerprint density at radius 2 is 2.00 bits per heavy atom. The highest BCUT2D eigenvalue weighted by molar-refractivity contribution is 6.04. The molecule has 0 aliphatic carbocycles. The summed E-state index contributed by atoms with van der Waals surface area (Å²) >= 11 is 0. The van der Waals surface area contributed by atoms with Gasteiger partial charge in [0.2, 0.25) is 5.91 Å². The van der Waals surface area contributed by atoms with E-state index < -0.39 is 11.4 Å². The predicted molar refractivity (Wildman–Crippen MR) is 70.3 cm³/mol. The number of anilines is 1. The number of halogens is 1. The first kappa shape index (κ1) is 13.5. The van der Waals surface area contributed by atoms with Gasteiger partial charge in [0.1, 0.15) is 11.4 Å². The van der Waals surface area contributed by atoms with Crippen LogP contribution in [0.2, 0.25) is 0 Å². The highest BCUT2D eigenvalue weighted by atomic mass is 19.1. The molecule has 2 rings (SSSR count). The molecule has 1 saturated heterocycles. The van der Waals surface area contributed by atoms with Gasteiger partial charge in [0.25, 0.3) is 5.91 Å². The molecule has 0 radical (unpaired) electrons. The van der Waals surface area contributed by atoms with Crippen LogP contribution in [-0.2, 0) is 9.59 Å². The zero-order valence-electron chi connectivity index (χ0n) is 11.3. The Morgan fingerprint density at radius 1 is 1.32 bits per heavy atom. The van der Waals surface area contributed by atoms with Gasteiger partial charge >= 0.3 is 0 Å². The highest BCUT2D eigenvalue weighted by Crippen LogP contribution is 2.25. The SMILES string of the molecule is Cc1ccc(F)cc1N1CCC(=O)NC(C)(C)C1=O. The van der Waals surface area contributed by atoms with Crippen LogP contribution in [0.3, 0.4) is 0 Å². The summed E-state index contributed by atoms with van der Waals surface area (Å²) < 4.78 is 13.4. The summed E-state index contributed by atoms with van der Waals surface area (Å²) in [7, 11) is 0. The molecule has 1 aromatic carbocycles. The Balaban J connectivity index is 2.45. The molecule has 0 atom stereocenters. The molecule has 0 saturated carbocycles. The van der Waals surface area contributed by atoms with Crippen LogP contribution in [0.5, 0.6) is 0 Å². The second-order valence-electron chi connectivity index (χ2n) is 5.31. The largest absolute Gasteiger partial charge is 0.342 e. The van der Waals surface area contributed by atoms with Crippen molar-refractivity contribution < 1.29 is 14.0 Å². The van der Waals surface area contributed by atoms with Crippen LogP contribution in [0.4, 0.5) is 10.1 Å². The number of nitrogens with zero attached hydrogens (tertiary/aromatic N) is 1. The van der Waals surface area contributed by atoms with E-state index in [1.54, 1.807) is 19.9 Å². The third kappa shape index (κ3) is 2.59. The fraction of sp³-hybridized carbons (Fsp3) is 0.429. The lowest BCUT2D eigenvalue weighted by atomic mass is 10.0. The maximum atomic E-state index is 13.4. The monoisotopic (exact) mass is 264 g/mol. The lowest BCUT2D eigenvalue weighted by Gasteiger charge is -2.29. The minimum absolute atomic E-state index is 0.171. The molecule has 4 nitrogen and oxygen atoms in total. The van der Waals surface area contributed by atoms with Crippen molar-refractivity contribution in [2.75, 3.05) is 11.4 Å². The van der Waals surface area contributed by atoms with E-state index in [9.17, 15) is 14.0 Å². The molecule has 1 N–H and O–H groups in total. The number of benzene rings is 1. The van der Waals surface area contributed by atoms with Crippen molar-refractivity contribution in [1.82, 2.24) is 5.32 Å². The van der Waals surface area contributed by atoms with Gasteiger partial charge in [-0.25, -0.2) is 4.39 Å². The average Bonchev–Trinajstić information content (AvgIpc) is 2.41. The zero-order chi connectivity index (χ0) is 14.2. The Morgan fingerprint density at radius 3 is 2.68 bits per heavy atom. The number of amides is 2. The molecular formula is C14H17FN2O2. The average molecular weight is 264 g/mol. The normalized spacial score (nSPS) is 19.1. The van der Waals surface area contributed by atoms with Crippen molar-refractivity contribution in [3.05, 3.63) is 29.6 Å². The number of nitrogens with one attached hydrogen (secondary N) is 1. The molecule has 1 aromatic rings. The molecule has 0 spiro atoms. The van der Waals surface area contributed by atoms with Crippen LogP contribution >= 0.6 is 0 Å². The summed E-state index contributed by atoms with van der Waals surface area (Å²) in [6.07, 6.45) is 0.213. The molecule has 1 fully saturated rings. The number of carbonyl (C=O) groups is 2. The topological polar surface area (TPSA) is 49.4 Å². The van der Waals surface area contributed by atoms with Crippen LogP contribution in [0.25, 0.3) is 0 Å². The van der Waals surface area contributed by atoms with Crippen molar-refractivity contribution in [1.29, 1.82) is 0 Å². The summed E-state index contributed by atoms with van der Waals surface area (Å²) in [5.41, 5.74) is 0.348. The molecule has 0 bridgehead atoms. The molecule has 1 aliphatic rings.